The SMILES string of the molecule is CCC[Si](C)(C)CCC. The minimum absolute atomic E-state index is 0.703. The molecule has 0 saturated heterocycles. The number of hydrogen-bond acceptors (Lipinski definition) is 0. The third kappa shape index (κ3) is 4.70. The van der Waals surface area contributed by atoms with Crippen molar-refractivity contribution in [3.05, 3.63) is 0 Å². The van der Waals surface area contributed by atoms with Crippen molar-refractivity contribution >= 4 is 8.07 Å². The van der Waals surface area contributed by atoms with Gasteiger partial charge in [0.05, 0.1) is 0 Å². The summed E-state index contributed by atoms with van der Waals surface area (Å²) in [6.07, 6.45) is 2.78. The van der Waals surface area contributed by atoms with Gasteiger partial charge in [0.25, 0.3) is 0 Å². The van der Waals surface area contributed by atoms with Crippen LogP contribution in [-0.2, 0) is 0 Å². The standard InChI is InChI=1S/C8H20Si/c1-5-7-9(3,4)8-6-2/h5-8H2,1-4H3. The van der Waals surface area contributed by atoms with Gasteiger partial charge in [-0.2, -0.15) is 0 Å². The van der Waals surface area contributed by atoms with E-state index >= 15 is 0 Å². The van der Waals surface area contributed by atoms with Gasteiger partial charge in [0, 0.05) is 8.07 Å². The van der Waals surface area contributed by atoms with E-state index < -0.39 is 8.07 Å². The summed E-state index contributed by atoms with van der Waals surface area (Å²) in [5, 5.41) is 0. The van der Waals surface area contributed by atoms with Gasteiger partial charge in [-0.15, -0.1) is 0 Å². The monoisotopic (exact) mass is 144 g/mol. The fourth-order valence-electron chi connectivity index (χ4n) is 1.48. The van der Waals surface area contributed by atoms with Gasteiger partial charge in [-0.25, -0.2) is 0 Å². The molecule has 0 aliphatic rings. The largest absolute Gasteiger partial charge is 0.0693 e. The summed E-state index contributed by atoms with van der Waals surface area (Å²) >= 11 is 0. The molecule has 0 aromatic carbocycles. The molecule has 9 heavy (non-hydrogen) atoms. The van der Waals surface area contributed by atoms with Gasteiger partial charge in [-0.05, 0) is 0 Å². The summed E-state index contributed by atoms with van der Waals surface area (Å²) in [5.41, 5.74) is 0. The summed E-state index contributed by atoms with van der Waals surface area (Å²) in [6, 6.07) is 3.03. The van der Waals surface area contributed by atoms with Gasteiger partial charge in [-0.3, -0.25) is 0 Å². The van der Waals surface area contributed by atoms with Gasteiger partial charge in [0.1, 0.15) is 0 Å². The molecule has 1 heteroatoms. The van der Waals surface area contributed by atoms with Crippen LogP contribution in [0.25, 0.3) is 0 Å². The minimum Gasteiger partial charge on any atom is -0.0693 e. The van der Waals surface area contributed by atoms with Gasteiger partial charge in [-0.1, -0.05) is 51.9 Å². The van der Waals surface area contributed by atoms with Gasteiger partial charge >= 0.3 is 0 Å². The number of hydrogen-bond donors (Lipinski definition) is 0. The molecule has 0 aromatic heterocycles. The van der Waals surface area contributed by atoms with E-state index in [0.29, 0.717) is 0 Å². The average molecular weight is 144 g/mol. The van der Waals surface area contributed by atoms with E-state index in [1.807, 2.05) is 0 Å². The van der Waals surface area contributed by atoms with Crippen molar-refractivity contribution in [2.24, 2.45) is 0 Å². The molecule has 0 N–H and O–H groups in total. The molecule has 0 unspecified atom stereocenters. The summed E-state index contributed by atoms with van der Waals surface area (Å²) in [7, 11) is -0.703. The molecular formula is C8H20Si. The van der Waals surface area contributed by atoms with Crippen LogP contribution in [0.5, 0.6) is 0 Å². The Balaban J connectivity index is 3.43. The summed E-state index contributed by atoms with van der Waals surface area (Å²) < 4.78 is 0. The Morgan fingerprint density at radius 1 is 0.889 bits per heavy atom. The van der Waals surface area contributed by atoms with E-state index in [2.05, 4.69) is 26.9 Å². The van der Waals surface area contributed by atoms with Gasteiger partial charge < -0.3 is 0 Å². The van der Waals surface area contributed by atoms with Crippen LogP contribution in [0.1, 0.15) is 26.7 Å². The lowest BCUT2D eigenvalue weighted by Gasteiger charge is -2.19. The molecule has 0 bridgehead atoms. The van der Waals surface area contributed by atoms with Gasteiger partial charge in [0.15, 0.2) is 0 Å². The second-order valence-electron chi connectivity index (χ2n) is 3.66. The molecule has 0 aliphatic heterocycles. The Morgan fingerprint density at radius 3 is 1.44 bits per heavy atom. The Hall–Kier alpha value is 0.217. The first kappa shape index (κ1) is 9.22. The van der Waals surface area contributed by atoms with E-state index in [1.165, 1.54) is 24.9 Å². The highest BCUT2D eigenvalue weighted by Crippen LogP contribution is 2.18. The van der Waals surface area contributed by atoms with Crippen molar-refractivity contribution in [3.63, 3.8) is 0 Å². The predicted molar refractivity (Wildman–Crippen MR) is 47.7 cm³/mol. The normalized spacial score (nSPS) is 12.0. The highest BCUT2D eigenvalue weighted by Gasteiger charge is 2.16. The molecule has 0 saturated carbocycles. The minimum atomic E-state index is -0.703. The van der Waals surface area contributed by atoms with Crippen LogP contribution in [0.15, 0.2) is 0 Å². The lowest BCUT2D eigenvalue weighted by molar-refractivity contribution is 0.982. The van der Waals surface area contributed by atoms with E-state index in [0.717, 1.165) is 0 Å². The van der Waals surface area contributed by atoms with Crippen LogP contribution in [-0.4, -0.2) is 8.07 Å². The smallest absolute Gasteiger partial charge is 0.0473 e. The van der Waals surface area contributed by atoms with Crippen molar-refractivity contribution in [2.75, 3.05) is 0 Å². The Morgan fingerprint density at radius 2 is 1.22 bits per heavy atom. The lowest BCUT2D eigenvalue weighted by atomic mass is 10.6. The molecule has 56 valence electrons. The zero-order valence-electron chi connectivity index (χ0n) is 7.33. The van der Waals surface area contributed by atoms with Crippen molar-refractivity contribution in [1.29, 1.82) is 0 Å². The highest BCUT2D eigenvalue weighted by molar-refractivity contribution is 6.77. The van der Waals surface area contributed by atoms with E-state index in [9.17, 15) is 0 Å². The van der Waals surface area contributed by atoms with Crippen molar-refractivity contribution in [1.82, 2.24) is 0 Å². The molecular weight excluding hydrogens is 124 g/mol. The van der Waals surface area contributed by atoms with Crippen molar-refractivity contribution in [3.8, 4) is 0 Å². The molecule has 0 heterocycles. The summed E-state index contributed by atoms with van der Waals surface area (Å²) in [6.45, 7) is 9.59. The average Bonchev–Trinajstić information content (AvgIpc) is 1.64. The first-order chi connectivity index (χ1) is 4.12. The number of rotatable bonds is 4. The fourth-order valence-corrected chi connectivity index (χ4v) is 4.44. The molecule has 0 aromatic rings. The molecule has 0 spiro atoms. The Labute approximate surface area is 60.7 Å². The maximum Gasteiger partial charge on any atom is 0.0473 e. The molecule has 0 amide bonds. The lowest BCUT2D eigenvalue weighted by Crippen LogP contribution is -2.23. The quantitative estimate of drug-likeness (QED) is 0.530. The van der Waals surface area contributed by atoms with E-state index in [-0.39, 0.29) is 0 Å². The molecule has 0 radical (unpaired) electrons. The van der Waals surface area contributed by atoms with Crippen molar-refractivity contribution in [2.45, 2.75) is 51.9 Å². The molecule has 0 aliphatic carbocycles. The van der Waals surface area contributed by atoms with Crippen LogP contribution in [0.3, 0.4) is 0 Å². The van der Waals surface area contributed by atoms with Crippen LogP contribution < -0.4 is 0 Å². The summed E-state index contributed by atoms with van der Waals surface area (Å²) in [4.78, 5) is 0. The topological polar surface area (TPSA) is 0 Å². The molecule has 0 atom stereocenters. The molecule has 0 fully saturated rings. The van der Waals surface area contributed by atoms with Crippen molar-refractivity contribution < 1.29 is 0 Å². The van der Waals surface area contributed by atoms with Crippen LogP contribution in [0.2, 0.25) is 25.2 Å². The zero-order chi connectivity index (χ0) is 7.33. The second kappa shape index (κ2) is 4.10. The van der Waals surface area contributed by atoms with Gasteiger partial charge in [0.2, 0.25) is 0 Å². The zero-order valence-corrected chi connectivity index (χ0v) is 8.33. The first-order valence-electron chi connectivity index (χ1n) is 4.12. The maximum absolute atomic E-state index is 2.50. The van der Waals surface area contributed by atoms with Crippen LogP contribution >= 0.6 is 0 Å². The Bertz CT molecular complexity index is 59.0. The highest BCUT2D eigenvalue weighted by atomic mass is 28.3. The third-order valence-electron chi connectivity index (χ3n) is 1.85. The predicted octanol–water partition coefficient (Wildman–Crippen LogP) is 3.51. The van der Waals surface area contributed by atoms with E-state index in [1.54, 1.807) is 0 Å². The maximum atomic E-state index is 2.50. The molecule has 0 rings (SSSR count). The Kier molecular flexibility index (Phi) is 4.20. The fraction of sp³-hybridized carbons (Fsp3) is 1.00. The van der Waals surface area contributed by atoms with Crippen LogP contribution in [0.4, 0.5) is 0 Å². The van der Waals surface area contributed by atoms with Crippen LogP contribution in [0, 0.1) is 0 Å². The molecule has 0 nitrogen and oxygen atoms in total. The first-order valence-corrected chi connectivity index (χ1v) is 7.54. The second-order valence-corrected chi connectivity index (χ2v) is 8.99. The third-order valence-corrected chi connectivity index (χ3v) is 5.56. The van der Waals surface area contributed by atoms with E-state index in [4.69, 9.17) is 0 Å². The summed E-state index contributed by atoms with van der Waals surface area (Å²) in [5.74, 6) is 0.